The number of alkyl carbamates (subject to hydrolysis) is 1. The lowest BCUT2D eigenvalue weighted by atomic mass is 9.96. The number of hydrogen-bond acceptors (Lipinski definition) is 6. The van der Waals surface area contributed by atoms with Crippen LogP contribution in [0.2, 0.25) is 0 Å². The van der Waals surface area contributed by atoms with Gasteiger partial charge in [-0.25, -0.2) is 4.79 Å². The van der Waals surface area contributed by atoms with E-state index in [2.05, 4.69) is 17.6 Å². The van der Waals surface area contributed by atoms with Gasteiger partial charge < -0.3 is 25.0 Å². The van der Waals surface area contributed by atoms with Crippen molar-refractivity contribution in [2.45, 2.75) is 85.8 Å². The van der Waals surface area contributed by atoms with Crippen LogP contribution in [0.5, 0.6) is 0 Å². The van der Waals surface area contributed by atoms with Gasteiger partial charge in [-0.05, 0) is 59.1 Å². The zero-order valence-electron chi connectivity index (χ0n) is 22.9. The summed E-state index contributed by atoms with van der Waals surface area (Å²) in [7, 11) is 0. The molecule has 1 aromatic rings. The number of unbranched alkanes of at least 4 members (excludes halogenated alkanes) is 2. The van der Waals surface area contributed by atoms with Crippen molar-refractivity contribution in [3.8, 4) is 0 Å². The molecule has 1 unspecified atom stereocenters. The molecule has 9 heteroatoms. The van der Waals surface area contributed by atoms with E-state index in [1.165, 1.54) is 4.90 Å². The number of rotatable bonds is 13. The predicted molar refractivity (Wildman–Crippen MR) is 138 cm³/mol. The second kappa shape index (κ2) is 15.1. The fourth-order valence-corrected chi connectivity index (χ4v) is 3.62. The van der Waals surface area contributed by atoms with Crippen molar-refractivity contribution < 1.29 is 28.7 Å². The van der Waals surface area contributed by atoms with Crippen LogP contribution >= 0.6 is 0 Å². The first-order valence-corrected chi connectivity index (χ1v) is 12.7. The average Bonchev–Trinajstić information content (AvgIpc) is 2.78. The highest BCUT2D eigenvalue weighted by Crippen LogP contribution is 2.26. The van der Waals surface area contributed by atoms with Crippen molar-refractivity contribution >= 4 is 23.9 Å². The van der Waals surface area contributed by atoms with Gasteiger partial charge in [0.2, 0.25) is 11.8 Å². The number of carbonyl (C=O) groups is 4. The third-order valence-corrected chi connectivity index (χ3v) is 5.33. The number of esters is 1. The molecule has 1 rings (SSSR count). The highest BCUT2D eigenvalue weighted by Gasteiger charge is 2.32. The molecule has 0 aliphatic rings. The molecule has 1 atom stereocenters. The lowest BCUT2D eigenvalue weighted by Gasteiger charge is -2.33. The van der Waals surface area contributed by atoms with Crippen LogP contribution in [-0.2, 0) is 23.9 Å². The van der Waals surface area contributed by atoms with Crippen LogP contribution in [0.25, 0.3) is 0 Å². The number of hydrogen-bond donors (Lipinski definition) is 2. The molecular formula is C27H43N3O6. The summed E-state index contributed by atoms with van der Waals surface area (Å²) in [4.78, 5) is 52.3. The van der Waals surface area contributed by atoms with E-state index in [1.807, 2.05) is 32.0 Å². The molecule has 2 N–H and O–H groups in total. The molecule has 0 bridgehead atoms. The Morgan fingerprint density at radius 2 is 1.72 bits per heavy atom. The van der Waals surface area contributed by atoms with Crippen molar-refractivity contribution in [2.75, 3.05) is 26.2 Å². The van der Waals surface area contributed by atoms with Gasteiger partial charge in [-0.15, -0.1) is 0 Å². The quantitative estimate of drug-likeness (QED) is 0.310. The van der Waals surface area contributed by atoms with E-state index in [-0.39, 0.29) is 26.1 Å². The van der Waals surface area contributed by atoms with E-state index in [0.717, 1.165) is 24.0 Å². The highest BCUT2D eigenvalue weighted by atomic mass is 16.6. The fourth-order valence-electron chi connectivity index (χ4n) is 3.62. The number of carbonyl (C=O) groups excluding carboxylic acids is 4. The van der Waals surface area contributed by atoms with E-state index in [0.29, 0.717) is 18.5 Å². The van der Waals surface area contributed by atoms with Gasteiger partial charge in [0, 0.05) is 13.1 Å². The van der Waals surface area contributed by atoms with Crippen molar-refractivity contribution in [2.24, 2.45) is 0 Å². The van der Waals surface area contributed by atoms with Crippen LogP contribution < -0.4 is 10.6 Å². The van der Waals surface area contributed by atoms with Gasteiger partial charge in [-0.2, -0.15) is 0 Å². The number of amides is 3. The van der Waals surface area contributed by atoms with Crippen LogP contribution in [0.1, 0.15) is 83.0 Å². The molecule has 9 nitrogen and oxygen atoms in total. The molecule has 0 fully saturated rings. The van der Waals surface area contributed by atoms with E-state index >= 15 is 0 Å². The molecule has 0 saturated heterocycles. The third kappa shape index (κ3) is 11.1. The molecule has 202 valence electrons. The second-order valence-corrected chi connectivity index (χ2v) is 9.76. The average molecular weight is 506 g/mol. The van der Waals surface area contributed by atoms with Gasteiger partial charge in [0.25, 0.3) is 0 Å². The van der Waals surface area contributed by atoms with Crippen molar-refractivity contribution in [3.05, 3.63) is 34.9 Å². The predicted octanol–water partition coefficient (Wildman–Crippen LogP) is 3.96. The normalized spacial score (nSPS) is 11.9. The van der Waals surface area contributed by atoms with Crippen LogP contribution in [-0.4, -0.2) is 60.6 Å². The highest BCUT2D eigenvalue weighted by molar-refractivity contribution is 5.91. The maximum Gasteiger partial charge on any atom is 0.408 e. The number of benzene rings is 1. The standard InChI is InChI=1S/C27H43N3O6/c1-8-10-11-16-30(22(31)18-29-26(34)36-27(5,6)7)24(21-17-19(3)12-13-20(21)4)25(33)28-15-14-23(32)35-9-2/h12-13,17,24H,8-11,14-16,18H2,1-7H3,(H,28,33)(H,29,34). The van der Waals surface area contributed by atoms with Crippen molar-refractivity contribution in [1.82, 2.24) is 15.5 Å². The Morgan fingerprint density at radius 3 is 2.33 bits per heavy atom. The molecular weight excluding hydrogens is 462 g/mol. The first-order chi connectivity index (χ1) is 16.9. The van der Waals surface area contributed by atoms with E-state index in [9.17, 15) is 19.2 Å². The van der Waals surface area contributed by atoms with Crippen LogP contribution in [0.4, 0.5) is 4.79 Å². The van der Waals surface area contributed by atoms with Crippen molar-refractivity contribution in [3.63, 3.8) is 0 Å². The molecule has 0 aliphatic carbocycles. The number of nitrogens with zero attached hydrogens (tertiary/aromatic N) is 1. The van der Waals surface area contributed by atoms with Gasteiger partial charge in [0.1, 0.15) is 18.2 Å². The Bertz CT molecular complexity index is 894. The smallest absolute Gasteiger partial charge is 0.408 e. The number of aryl methyl sites for hydroxylation is 2. The molecule has 36 heavy (non-hydrogen) atoms. The summed E-state index contributed by atoms with van der Waals surface area (Å²) < 4.78 is 10.2. The van der Waals surface area contributed by atoms with E-state index in [1.54, 1.807) is 27.7 Å². The maximum atomic E-state index is 13.5. The Kier molecular flexibility index (Phi) is 13.0. The molecule has 0 spiro atoms. The minimum absolute atomic E-state index is 0.0308. The molecule has 0 aliphatic heterocycles. The summed E-state index contributed by atoms with van der Waals surface area (Å²) in [6, 6.07) is 4.84. The minimum atomic E-state index is -0.920. The SMILES string of the molecule is CCCCCN(C(=O)CNC(=O)OC(C)(C)C)C(C(=O)NCCC(=O)OCC)c1cc(C)ccc1C. The summed E-state index contributed by atoms with van der Waals surface area (Å²) in [6.07, 6.45) is 1.85. The van der Waals surface area contributed by atoms with Gasteiger partial charge >= 0.3 is 12.1 Å². The van der Waals surface area contributed by atoms with Crippen LogP contribution in [0.3, 0.4) is 0 Å². The van der Waals surface area contributed by atoms with Crippen LogP contribution in [0.15, 0.2) is 18.2 Å². The molecule has 1 aromatic carbocycles. The van der Waals surface area contributed by atoms with Gasteiger partial charge in [-0.1, -0.05) is 43.5 Å². The molecule has 0 heterocycles. The summed E-state index contributed by atoms with van der Waals surface area (Å²) in [5, 5.41) is 5.30. The monoisotopic (exact) mass is 505 g/mol. The summed E-state index contributed by atoms with van der Waals surface area (Å²) in [5.41, 5.74) is 1.81. The molecule has 0 aromatic heterocycles. The zero-order valence-corrected chi connectivity index (χ0v) is 22.9. The number of ether oxygens (including phenoxy) is 2. The maximum absolute atomic E-state index is 13.5. The second-order valence-electron chi connectivity index (χ2n) is 9.76. The zero-order chi connectivity index (χ0) is 27.3. The lowest BCUT2D eigenvalue weighted by Crippen LogP contribution is -2.48. The molecule has 0 radical (unpaired) electrons. The van der Waals surface area contributed by atoms with Crippen LogP contribution in [0, 0.1) is 13.8 Å². The van der Waals surface area contributed by atoms with Gasteiger partial charge in [0.15, 0.2) is 0 Å². The summed E-state index contributed by atoms with van der Waals surface area (Å²) >= 11 is 0. The first kappa shape index (κ1) is 30.9. The van der Waals surface area contributed by atoms with E-state index in [4.69, 9.17) is 9.47 Å². The third-order valence-electron chi connectivity index (χ3n) is 5.33. The van der Waals surface area contributed by atoms with Gasteiger partial charge in [-0.3, -0.25) is 14.4 Å². The Labute approximate surface area is 215 Å². The van der Waals surface area contributed by atoms with E-state index < -0.39 is 35.5 Å². The number of nitrogens with one attached hydrogen (secondary N) is 2. The fraction of sp³-hybridized carbons (Fsp3) is 0.630. The summed E-state index contributed by atoms with van der Waals surface area (Å²) in [6.45, 7) is 13.2. The molecule has 0 saturated carbocycles. The topological polar surface area (TPSA) is 114 Å². The summed E-state index contributed by atoms with van der Waals surface area (Å²) in [5.74, 6) is -1.20. The Balaban J connectivity index is 3.23. The minimum Gasteiger partial charge on any atom is -0.466 e. The van der Waals surface area contributed by atoms with Crippen molar-refractivity contribution in [1.29, 1.82) is 0 Å². The Hall–Kier alpha value is -3.10. The Morgan fingerprint density at radius 1 is 1.03 bits per heavy atom. The van der Waals surface area contributed by atoms with Gasteiger partial charge in [0.05, 0.1) is 13.0 Å². The first-order valence-electron chi connectivity index (χ1n) is 12.7. The lowest BCUT2D eigenvalue weighted by molar-refractivity contribution is -0.143. The molecule has 3 amide bonds. The largest absolute Gasteiger partial charge is 0.466 e.